The van der Waals surface area contributed by atoms with Gasteiger partial charge in [0.2, 0.25) is 0 Å². The summed E-state index contributed by atoms with van der Waals surface area (Å²) >= 11 is 0. The average Bonchev–Trinajstić information content (AvgIpc) is 2.78. The van der Waals surface area contributed by atoms with Gasteiger partial charge in [0.05, 0.1) is 25.3 Å². The third-order valence-electron chi connectivity index (χ3n) is 4.55. The van der Waals surface area contributed by atoms with Crippen LogP contribution < -0.4 is 10.9 Å². The number of benzene rings is 2. The lowest BCUT2D eigenvalue weighted by Crippen LogP contribution is -2.23. The number of amides is 1. The summed E-state index contributed by atoms with van der Waals surface area (Å²) < 4.78 is 9.34. The quantitative estimate of drug-likeness (QED) is 0.613. The molecule has 0 saturated carbocycles. The molecule has 0 aliphatic carbocycles. The molecule has 1 aromatic heterocycles. The summed E-state index contributed by atoms with van der Waals surface area (Å²) in [6.07, 6.45) is 0. The minimum Gasteiger partial charge on any atom is -0.465 e. The molecule has 8 nitrogen and oxygen atoms in total. The normalized spacial score (nSPS) is 10.3. The van der Waals surface area contributed by atoms with E-state index in [2.05, 4.69) is 19.8 Å². The summed E-state index contributed by atoms with van der Waals surface area (Å²) in [6, 6.07) is 14.6. The van der Waals surface area contributed by atoms with Crippen molar-refractivity contribution in [3.05, 3.63) is 87.2 Å². The van der Waals surface area contributed by atoms with Crippen molar-refractivity contribution >= 4 is 23.5 Å². The largest absolute Gasteiger partial charge is 0.465 e. The van der Waals surface area contributed by atoms with Crippen LogP contribution in [0.15, 0.2) is 59.4 Å². The van der Waals surface area contributed by atoms with Crippen LogP contribution in [-0.2, 0) is 9.47 Å². The van der Waals surface area contributed by atoms with Crippen molar-refractivity contribution in [3.63, 3.8) is 0 Å². The number of anilines is 1. The van der Waals surface area contributed by atoms with Gasteiger partial charge in [0.15, 0.2) is 0 Å². The van der Waals surface area contributed by atoms with Gasteiger partial charge < -0.3 is 19.8 Å². The van der Waals surface area contributed by atoms with Crippen LogP contribution >= 0.6 is 0 Å². The highest BCUT2D eigenvalue weighted by molar-refractivity contribution is 6.06. The molecular weight excluding hydrogens is 400 g/mol. The Morgan fingerprint density at radius 2 is 1.42 bits per heavy atom. The Morgan fingerprint density at radius 1 is 0.839 bits per heavy atom. The summed E-state index contributed by atoms with van der Waals surface area (Å²) in [5.41, 5.74) is 1.99. The second-order valence-electron chi connectivity index (χ2n) is 6.72. The maximum absolute atomic E-state index is 12.7. The first-order valence-electron chi connectivity index (χ1n) is 9.26. The maximum atomic E-state index is 12.7. The topological polar surface area (TPSA) is 115 Å². The number of carbonyl (C=O) groups excluding carboxylic acids is 3. The molecule has 1 heterocycles. The van der Waals surface area contributed by atoms with E-state index in [1.54, 1.807) is 6.07 Å². The second-order valence-corrected chi connectivity index (χ2v) is 6.72. The molecule has 2 N–H and O–H groups in total. The lowest BCUT2D eigenvalue weighted by atomic mass is 10.1. The summed E-state index contributed by atoms with van der Waals surface area (Å²) in [5, 5.41) is 2.53. The van der Waals surface area contributed by atoms with Crippen LogP contribution in [0.5, 0.6) is 0 Å². The van der Waals surface area contributed by atoms with Crippen LogP contribution in [0.4, 0.5) is 5.69 Å². The standard InChI is InChI=1S/C23H20N2O6/c1-13-4-6-14(7-5-13)19-9-8-18(21(27)25-19)20(26)24-17-11-15(22(28)30-2)10-16(12-17)23(29)31-3/h4-12H,1-3H3,(H,24,26)(H,25,27). The third kappa shape index (κ3) is 4.87. The molecule has 2 aromatic carbocycles. The first-order chi connectivity index (χ1) is 14.8. The molecule has 0 unspecified atom stereocenters. The predicted octanol–water partition coefficient (Wildman–Crippen LogP) is 3.18. The third-order valence-corrected chi connectivity index (χ3v) is 4.55. The zero-order valence-corrected chi connectivity index (χ0v) is 17.1. The van der Waals surface area contributed by atoms with Crippen molar-refractivity contribution in [2.24, 2.45) is 0 Å². The minimum atomic E-state index is -0.700. The first-order valence-corrected chi connectivity index (χ1v) is 9.26. The van der Waals surface area contributed by atoms with Crippen LogP contribution in [0.3, 0.4) is 0 Å². The van der Waals surface area contributed by atoms with Crippen LogP contribution in [0.1, 0.15) is 36.6 Å². The predicted molar refractivity (Wildman–Crippen MR) is 114 cm³/mol. The zero-order valence-electron chi connectivity index (χ0n) is 17.1. The molecule has 0 fully saturated rings. The zero-order chi connectivity index (χ0) is 22.5. The first kappa shape index (κ1) is 21.5. The number of pyridine rings is 1. The molecule has 158 valence electrons. The number of nitrogens with one attached hydrogen (secondary N) is 2. The van der Waals surface area contributed by atoms with E-state index < -0.39 is 23.4 Å². The van der Waals surface area contributed by atoms with E-state index in [1.807, 2.05) is 31.2 Å². The van der Waals surface area contributed by atoms with Crippen molar-refractivity contribution in [3.8, 4) is 11.3 Å². The fourth-order valence-electron chi connectivity index (χ4n) is 2.92. The van der Waals surface area contributed by atoms with Gasteiger partial charge in [0.1, 0.15) is 5.56 Å². The maximum Gasteiger partial charge on any atom is 0.337 e. The van der Waals surface area contributed by atoms with Gasteiger partial charge in [0.25, 0.3) is 11.5 Å². The number of hydrogen-bond acceptors (Lipinski definition) is 6. The van der Waals surface area contributed by atoms with Crippen molar-refractivity contribution < 1.29 is 23.9 Å². The van der Waals surface area contributed by atoms with Gasteiger partial charge in [-0.05, 0) is 42.8 Å². The smallest absolute Gasteiger partial charge is 0.337 e. The van der Waals surface area contributed by atoms with E-state index in [4.69, 9.17) is 0 Å². The van der Waals surface area contributed by atoms with E-state index in [-0.39, 0.29) is 22.4 Å². The van der Waals surface area contributed by atoms with E-state index in [0.29, 0.717) is 5.69 Å². The number of H-pyrrole nitrogens is 1. The number of ether oxygens (including phenoxy) is 2. The molecule has 3 rings (SSSR count). The molecule has 0 aliphatic heterocycles. The Labute approximate surface area is 177 Å². The monoisotopic (exact) mass is 420 g/mol. The molecule has 31 heavy (non-hydrogen) atoms. The van der Waals surface area contributed by atoms with Gasteiger partial charge in [-0.3, -0.25) is 9.59 Å². The molecule has 0 saturated heterocycles. The number of aromatic amines is 1. The molecule has 8 heteroatoms. The lowest BCUT2D eigenvalue weighted by molar-refractivity contribution is 0.0599. The van der Waals surface area contributed by atoms with Crippen LogP contribution in [0.2, 0.25) is 0 Å². The Morgan fingerprint density at radius 3 is 1.94 bits per heavy atom. The minimum absolute atomic E-state index is 0.0457. The Kier molecular flexibility index (Phi) is 6.30. The number of hydrogen-bond donors (Lipinski definition) is 2. The summed E-state index contributed by atoms with van der Waals surface area (Å²) in [6.45, 7) is 1.96. The number of carbonyl (C=O) groups is 3. The summed E-state index contributed by atoms with van der Waals surface area (Å²) in [7, 11) is 2.39. The molecule has 0 radical (unpaired) electrons. The van der Waals surface area contributed by atoms with E-state index >= 15 is 0 Å². The molecule has 1 amide bonds. The number of esters is 2. The molecule has 0 aliphatic rings. The summed E-state index contributed by atoms with van der Waals surface area (Å²) in [4.78, 5) is 51.6. The Balaban J connectivity index is 1.90. The Bertz CT molecular complexity index is 1180. The highest BCUT2D eigenvalue weighted by Crippen LogP contribution is 2.19. The highest BCUT2D eigenvalue weighted by Gasteiger charge is 2.17. The molecule has 0 atom stereocenters. The number of methoxy groups -OCH3 is 2. The molecule has 0 spiro atoms. The van der Waals surface area contributed by atoms with Gasteiger partial charge in [-0.2, -0.15) is 0 Å². The fourth-order valence-corrected chi connectivity index (χ4v) is 2.92. The average molecular weight is 420 g/mol. The number of aromatic nitrogens is 1. The SMILES string of the molecule is COC(=O)c1cc(NC(=O)c2ccc(-c3ccc(C)cc3)[nH]c2=O)cc(C(=O)OC)c1. The van der Waals surface area contributed by atoms with Crippen LogP contribution in [-0.4, -0.2) is 37.0 Å². The molecule has 3 aromatic rings. The van der Waals surface area contributed by atoms with Gasteiger partial charge in [-0.1, -0.05) is 29.8 Å². The van der Waals surface area contributed by atoms with Crippen molar-refractivity contribution in [1.29, 1.82) is 0 Å². The van der Waals surface area contributed by atoms with E-state index in [0.717, 1.165) is 11.1 Å². The van der Waals surface area contributed by atoms with E-state index in [1.165, 1.54) is 38.5 Å². The molecular formula is C23H20N2O6. The number of aryl methyl sites for hydroxylation is 1. The van der Waals surface area contributed by atoms with Crippen molar-refractivity contribution in [2.45, 2.75) is 6.92 Å². The summed E-state index contributed by atoms with van der Waals surface area (Å²) in [5.74, 6) is -2.09. The number of rotatable bonds is 5. The van der Waals surface area contributed by atoms with Crippen molar-refractivity contribution in [1.82, 2.24) is 4.98 Å². The van der Waals surface area contributed by atoms with Crippen molar-refractivity contribution in [2.75, 3.05) is 19.5 Å². The van der Waals surface area contributed by atoms with Gasteiger partial charge >= 0.3 is 11.9 Å². The highest BCUT2D eigenvalue weighted by atomic mass is 16.5. The van der Waals surface area contributed by atoms with Gasteiger partial charge in [-0.25, -0.2) is 9.59 Å². The van der Waals surface area contributed by atoms with Crippen LogP contribution in [0.25, 0.3) is 11.3 Å². The van der Waals surface area contributed by atoms with Gasteiger partial charge in [-0.15, -0.1) is 0 Å². The Hall–Kier alpha value is -4.20. The van der Waals surface area contributed by atoms with E-state index in [9.17, 15) is 19.2 Å². The molecule has 0 bridgehead atoms. The van der Waals surface area contributed by atoms with Crippen LogP contribution in [0, 0.1) is 6.92 Å². The second kappa shape index (κ2) is 9.08. The lowest BCUT2D eigenvalue weighted by Gasteiger charge is -2.10. The van der Waals surface area contributed by atoms with Gasteiger partial charge in [0, 0.05) is 11.4 Å². The fraction of sp³-hybridized carbons (Fsp3) is 0.130.